The molecule has 0 aromatic heterocycles. The SMILES string of the molecule is COc1cc(C=CC(=O)N2C3CN(Cc4ccc(F)cc4)CC2CN(C(=O)OC(C)(C)C)C3)c(NC(=O)CN(C)C)cc1Cl. The lowest BCUT2D eigenvalue weighted by Gasteiger charge is -2.52. The Balaban J connectivity index is 1.57. The fourth-order valence-corrected chi connectivity index (χ4v) is 5.77. The Morgan fingerprint density at radius 3 is 2.27 bits per heavy atom. The van der Waals surface area contributed by atoms with E-state index in [1.54, 1.807) is 54.2 Å². The van der Waals surface area contributed by atoms with Gasteiger partial charge in [-0.25, -0.2) is 9.18 Å². The highest BCUT2D eigenvalue weighted by Gasteiger charge is 2.44. The molecule has 2 bridgehead atoms. The molecule has 2 unspecified atom stereocenters. The van der Waals surface area contributed by atoms with Crippen LogP contribution in [-0.2, 0) is 20.9 Å². The number of rotatable bonds is 8. The van der Waals surface area contributed by atoms with Crippen molar-refractivity contribution in [3.05, 3.63) is 64.4 Å². The van der Waals surface area contributed by atoms with E-state index >= 15 is 0 Å². The molecule has 4 rings (SSSR count). The van der Waals surface area contributed by atoms with E-state index in [1.165, 1.54) is 25.3 Å². The zero-order valence-electron chi connectivity index (χ0n) is 26.1. The summed E-state index contributed by atoms with van der Waals surface area (Å²) in [6.45, 7) is 7.90. The van der Waals surface area contributed by atoms with Crippen molar-refractivity contribution in [3.63, 3.8) is 0 Å². The van der Waals surface area contributed by atoms with Gasteiger partial charge in [0.15, 0.2) is 0 Å². The number of piperazine rings is 2. The Kier molecular flexibility index (Phi) is 10.5. The number of benzene rings is 2. The van der Waals surface area contributed by atoms with Crippen LogP contribution in [0.1, 0.15) is 31.9 Å². The molecule has 2 aliphatic rings. The molecule has 10 nitrogen and oxygen atoms in total. The Morgan fingerprint density at radius 2 is 1.70 bits per heavy atom. The standard InChI is InChI=1S/C32H41ClFN5O5/c1-32(2,3)44-31(42)38-18-24-16-37(15-21-7-10-23(34)11-8-21)17-25(19-38)39(24)30(41)12-9-22-13-28(43-6)26(33)14-27(22)35-29(40)20-36(4)5/h7-14,24-25H,15-20H2,1-6H3,(H,35,40). The van der Waals surface area contributed by atoms with E-state index in [1.807, 2.05) is 25.7 Å². The summed E-state index contributed by atoms with van der Waals surface area (Å²) in [6, 6.07) is 9.06. The van der Waals surface area contributed by atoms with Gasteiger partial charge in [-0.2, -0.15) is 0 Å². The summed E-state index contributed by atoms with van der Waals surface area (Å²) in [5.41, 5.74) is 1.33. The van der Waals surface area contributed by atoms with E-state index < -0.39 is 11.7 Å². The van der Waals surface area contributed by atoms with Crippen LogP contribution in [0.5, 0.6) is 5.75 Å². The molecule has 2 fully saturated rings. The molecule has 2 aliphatic heterocycles. The molecule has 2 aromatic carbocycles. The van der Waals surface area contributed by atoms with Crippen LogP contribution in [0.25, 0.3) is 6.08 Å². The fourth-order valence-electron chi connectivity index (χ4n) is 5.53. The molecule has 2 saturated heterocycles. The zero-order chi connectivity index (χ0) is 32.2. The van der Waals surface area contributed by atoms with Crippen LogP contribution < -0.4 is 10.1 Å². The highest BCUT2D eigenvalue weighted by atomic mass is 35.5. The summed E-state index contributed by atoms with van der Waals surface area (Å²) in [5, 5.41) is 3.19. The number of fused-ring (bicyclic) bond motifs is 2. The van der Waals surface area contributed by atoms with Crippen LogP contribution in [0.3, 0.4) is 0 Å². The number of nitrogens with zero attached hydrogens (tertiary/aromatic N) is 4. The van der Waals surface area contributed by atoms with E-state index in [2.05, 4.69) is 10.2 Å². The number of likely N-dealkylation sites (N-methyl/N-ethyl adjacent to an activating group) is 1. The van der Waals surface area contributed by atoms with Gasteiger partial charge in [-0.1, -0.05) is 23.7 Å². The Labute approximate surface area is 263 Å². The third-order valence-corrected chi connectivity index (χ3v) is 7.57. The maximum atomic E-state index is 13.8. The lowest BCUT2D eigenvalue weighted by Crippen LogP contribution is -2.70. The van der Waals surface area contributed by atoms with E-state index in [4.69, 9.17) is 21.1 Å². The van der Waals surface area contributed by atoms with Gasteiger partial charge in [0.1, 0.15) is 17.2 Å². The van der Waals surface area contributed by atoms with E-state index in [0.717, 1.165) is 5.56 Å². The summed E-state index contributed by atoms with van der Waals surface area (Å²) in [4.78, 5) is 46.8. The van der Waals surface area contributed by atoms with Crippen molar-refractivity contribution in [1.29, 1.82) is 0 Å². The molecule has 12 heteroatoms. The maximum Gasteiger partial charge on any atom is 0.410 e. The van der Waals surface area contributed by atoms with Crippen LogP contribution in [0.2, 0.25) is 5.02 Å². The minimum atomic E-state index is -0.643. The highest BCUT2D eigenvalue weighted by Crippen LogP contribution is 2.32. The summed E-state index contributed by atoms with van der Waals surface area (Å²) in [6.07, 6.45) is 2.70. The molecule has 3 amide bonds. The van der Waals surface area contributed by atoms with Crippen molar-refractivity contribution in [3.8, 4) is 5.75 Å². The topological polar surface area (TPSA) is 94.7 Å². The number of carbonyl (C=O) groups excluding carboxylic acids is 3. The Bertz CT molecular complexity index is 1380. The number of halogens is 2. The van der Waals surface area contributed by atoms with Crippen molar-refractivity contribution in [2.75, 3.05) is 59.2 Å². The number of hydrogen-bond donors (Lipinski definition) is 1. The molecule has 0 radical (unpaired) electrons. The summed E-state index contributed by atoms with van der Waals surface area (Å²) >= 11 is 6.35. The first kappa shape index (κ1) is 33.2. The van der Waals surface area contributed by atoms with Gasteiger partial charge in [-0.3, -0.25) is 14.5 Å². The molecule has 0 saturated carbocycles. The lowest BCUT2D eigenvalue weighted by atomic mass is 9.99. The average Bonchev–Trinajstić information content (AvgIpc) is 2.91. The number of carbonyl (C=O) groups is 3. The number of amides is 3. The van der Waals surface area contributed by atoms with Crippen molar-refractivity contribution >= 4 is 41.3 Å². The predicted molar refractivity (Wildman–Crippen MR) is 168 cm³/mol. The van der Waals surface area contributed by atoms with Gasteiger partial charge in [0.25, 0.3) is 0 Å². The number of ether oxygens (including phenoxy) is 2. The molecule has 238 valence electrons. The van der Waals surface area contributed by atoms with Gasteiger partial charge in [0.2, 0.25) is 11.8 Å². The van der Waals surface area contributed by atoms with Crippen LogP contribution in [0, 0.1) is 5.82 Å². The zero-order valence-corrected chi connectivity index (χ0v) is 26.9. The molecule has 2 aromatic rings. The first-order chi connectivity index (χ1) is 20.7. The summed E-state index contributed by atoms with van der Waals surface area (Å²) in [7, 11) is 5.08. The molecule has 0 spiro atoms. The van der Waals surface area contributed by atoms with Crippen LogP contribution in [0.4, 0.5) is 14.9 Å². The maximum absolute atomic E-state index is 13.8. The van der Waals surface area contributed by atoms with Gasteiger partial charge >= 0.3 is 6.09 Å². The molecule has 1 N–H and O–H groups in total. The molecule has 44 heavy (non-hydrogen) atoms. The van der Waals surface area contributed by atoms with Crippen molar-refractivity contribution < 1.29 is 28.2 Å². The number of hydrogen-bond acceptors (Lipinski definition) is 7. The van der Waals surface area contributed by atoms with E-state index in [0.29, 0.717) is 54.7 Å². The second-order valence-electron chi connectivity index (χ2n) is 12.5. The first-order valence-electron chi connectivity index (χ1n) is 14.5. The van der Waals surface area contributed by atoms with Gasteiger partial charge < -0.3 is 29.5 Å². The second kappa shape index (κ2) is 14.0. The van der Waals surface area contributed by atoms with Gasteiger partial charge in [-0.05, 0) is 70.8 Å². The first-order valence-corrected chi connectivity index (χ1v) is 14.9. The Hall–Kier alpha value is -3.67. The predicted octanol–water partition coefficient (Wildman–Crippen LogP) is 4.33. The molecular formula is C32H41ClFN5O5. The number of anilines is 1. The number of methoxy groups -OCH3 is 1. The quantitative estimate of drug-likeness (QED) is 0.435. The van der Waals surface area contributed by atoms with Gasteiger partial charge in [-0.15, -0.1) is 0 Å². The molecule has 2 heterocycles. The summed E-state index contributed by atoms with van der Waals surface area (Å²) < 4.78 is 24.5. The van der Waals surface area contributed by atoms with Crippen molar-refractivity contribution in [2.45, 2.75) is 45.0 Å². The van der Waals surface area contributed by atoms with Crippen LogP contribution >= 0.6 is 11.6 Å². The minimum Gasteiger partial charge on any atom is -0.495 e. The lowest BCUT2D eigenvalue weighted by molar-refractivity contribution is -0.140. The second-order valence-corrected chi connectivity index (χ2v) is 12.9. The molecular weight excluding hydrogens is 589 g/mol. The van der Waals surface area contributed by atoms with Gasteiger partial charge in [0.05, 0.1) is 30.8 Å². The highest BCUT2D eigenvalue weighted by molar-refractivity contribution is 6.32. The smallest absolute Gasteiger partial charge is 0.410 e. The Morgan fingerprint density at radius 1 is 1.07 bits per heavy atom. The largest absolute Gasteiger partial charge is 0.495 e. The average molecular weight is 630 g/mol. The van der Waals surface area contributed by atoms with E-state index in [9.17, 15) is 18.8 Å². The number of nitrogens with one attached hydrogen (secondary N) is 1. The third kappa shape index (κ3) is 8.71. The van der Waals surface area contributed by atoms with Crippen molar-refractivity contribution in [2.24, 2.45) is 0 Å². The molecule has 0 aliphatic carbocycles. The van der Waals surface area contributed by atoms with Crippen molar-refractivity contribution in [1.82, 2.24) is 19.6 Å². The minimum absolute atomic E-state index is 0.172. The monoisotopic (exact) mass is 629 g/mol. The fraction of sp³-hybridized carbons (Fsp3) is 0.469. The normalized spacial score (nSPS) is 18.9. The van der Waals surface area contributed by atoms with Crippen LogP contribution in [0.15, 0.2) is 42.5 Å². The van der Waals surface area contributed by atoms with E-state index in [-0.39, 0.29) is 36.3 Å². The van der Waals surface area contributed by atoms with Gasteiger partial charge in [0, 0.05) is 50.1 Å². The molecule has 2 atom stereocenters. The third-order valence-electron chi connectivity index (χ3n) is 7.28. The van der Waals surface area contributed by atoms with Crippen LogP contribution in [-0.4, -0.2) is 109 Å². The summed E-state index contributed by atoms with van der Waals surface area (Å²) in [5.74, 6) is -0.334.